The molecule has 0 aromatic rings. The molecule has 1 aliphatic heterocycles. The van der Waals surface area contributed by atoms with Crippen LogP contribution in [0, 0.1) is 23.2 Å². The molecule has 3 fully saturated rings. The van der Waals surface area contributed by atoms with E-state index in [2.05, 4.69) is 13.8 Å². The maximum absolute atomic E-state index is 11.5. The lowest BCUT2D eigenvalue weighted by Crippen LogP contribution is -2.41. The molecule has 2 aliphatic carbocycles. The summed E-state index contributed by atoms with van der Waals surface area (Å²) in [5.74, 6) is -1.12. The highest BCUT2D eigenvalue weighted by molar-refractivity contribution is 5.71. The van der Waals surface area contributed by atoms with E-state index in [0.717, 1.165) is 19.3 Å². The number of hydrogen-bond donors (Lipinski definition) is 1. The van der Waals surface area contributed by atoms with Gasteiger partial charge in [-0.1, -0.05) is 13.8 Å². The van der Waals surface area contributed by atoms with Crippen LogP contribution in [0.2, 0.25) is 0 Å². The van der Waals surface area contributed by atoms with Gasteiger partial charge in [0.15, 0.2) is 5.79 Å². The van der Waals surface area contributed by atoms with Crippen LogP contribution in [0.25, 0.3) is 0 Å². The average molecular weight is 240 g/mol. The molecular formula is C13H20O4. The number of aliphatic carboxylic acids is 1. The molecule has 3 atom stereocenters. The number of carboxylic acids is 1. The Labute approximate surface area is 101 Å². The summed E-state index contributed by atoms with van der Waals surface area (Å²) < 4.78 is 11.6. The van der Waals surface area contributed by atoms with Gasteiger partial charge in [-0.25, -0.2) is 0 Å². The number of ether oxygens (including phenoxy) is 2. The highest BCUT2D eigenvalue weighted by Crippen LogP contribution is 2.62. The van der Waals surface area contributed by atoms with E-state index in [-0.39, 0.29) is 17.3 Å². The van der Waals surface area contributed by atoms with Crippen LogP contribution in [0.4, 0.5) is 0 Å². The smallest absolute Gasteiger partial charge is 0.307 e. The van der Waals surface area contributed by atoms with Crippen LogP contribution < -0.4 is 0 Å². The predicted octanol–water partition coefficient (Wildman–Crippen LogP) is 1.89. The van der Waals surface area contributed by atoms with Crippen molar-refractivity contribution in [1.29, 1.82) is 0 Å². The van der Waals surface area contributed by atoms with E-state index >= 15 is 0 Å². The molecule has 0 radical (unpaired) electrons. The van der Waals surface area contributed by atoms with Crippen molar-refractivity contribution in [3.63, 3.8) is 0 Å². The Hall–Kier alpha value is -0.610. The van der Waals surface area contributed by atoms with Gasteiger partial charge in [-0.2, -0.15) is 0 Å². The van der Waals surface area contributed by atoms with E-state index in [1.165, 1.54) is 0 Å². The number of hydrogen-bond acceptors (Lipinski definition) is 3. The molecule has 3 rings (SSSR count). The van der Waals surface area contributed by atoms with Crippen LogP contribution in [0.5, 0.6) is 0 Å². The molecule has 96 valence electrons. The van der Waals surface area contributed by atoms with Gasteiger partial charge in [0.05, 0.1) is 19.1 Å². The quantitative estimate of drug-likeness (QED) is 0.760. The monoisotopic (exact) mass is 240 g/mol. The summed E-state index contributed by atoms with van der Waals surface area (Å²) in [5.41, 5.74) is 0.0898. The van der Waals surface area contributed by atoms with Gasteiger partial charge in [-0.15, -0.1) is 0 Å². The summed E-state index contributed by atoms with van der Waals surface area (Å²) in [6, 6.07) is 0. The van der Waals surface area contributed by atoms with Gasteiger partial charge in [0, 0.05) is 12.3 Å². The molecule has 4 heteroatoms. The molecule has 1 heterocycles. The molecule has 0 amide bonds. The normalized spacial score (nSPS) is 41.9. The van der Waals surface area contributed by atoms with Gasteiger partial charge in [-0.05, 0) is 24.2 Å². The highest BCUT2D eigenvalue weighted by Gasteiger charge is 2.64. The van der Waals surface area contributed by atoms with Gasteiger partial charge in [0.2, 0.25) is 0 Å². The third kappa shape index (κ3) is 1.47. The molecule has 4 nitrogen and oxygen atoms in total. The predicted molar refractivity (Wildman–Crippen MR) is 60.4 cm³/mol. The first-order valence-electron chi connectivity index (χ1n) is 6.47. The first-order valence-corrected chi connectivity index (χ1v) is 6.47. The van der Waals surface area contributed by atoms with Crippen LogP contribution >= 0.6 is 0 Å². The lowest BCUT2D eigenvalue weighted by Gasteiger charge is -2.32. The SMILES string of the molecule is CC1(C)C[C@@H](C(=O)O)[C@H]2[C@@H]1CCC21OCCO1. The van der Waals surface area contributed by atoms with Crippen molar-refractivity contribution in [2.75, 3.05) is 13.2 Å². The van der Waals surface area contributed by atoms with Crippen molar-refractivity contribution in [3.8, 4) is 0 Å². The van der Waals surface area contributed by atoms with Crippen molar-refractivity contribution in [1.82, 2.24) is 0 Å². The first-order chi connectivity index (χ1) is 7.96. The highest BCUT2D eigenvalue weighted by atomic mass is 16.7. The zero-order valence-electron chi connectivity index (χ0n) is 10.4. The zero-order chi connectivity index (χ0) is 12.3. The number of carboxylic acid groups (broad SMARTS) is 1. The zero-order valence-corrected chi connectivity index (χ0v) is 10.4. The lowest BCUT2D eigenvalue weighted by molar-refractivity contribution is -0.198. The van der Waals surface area contributed by atoms with Crippen LogP contribution in [0.15, 0.2) is 0 Å². The summed E-state index contributed by atoms with van der Waals surface area (Å²) in [7, 11) is 0. The minimum Gasteiger partial charge on any atom is -0.481 e. The summed E-state index contributed by atoms with van der Waals surface area (Å²) >= 11 is 0. The molecule has 0 unspecified atom stereocenters. The summed E-state index contributed by atoms with van der Waals surface area (Å²) in [4.78, 5) is 11.5. The maximum atomic E-state index is 11.5. The van der Waals surface area contributed by atoms with E-state index in [4.69, 9.17) is 9.47 Å². The Kier molecular flexibility index (Phi) is 2.33. The fraction of sp³-hybridized carbons (Fsp3) is 0.923. The van der Waals surface area contributed by atoms with Crippen molar-refractivity contribution in [2.45, 2.75) is 38.9 Å². The topological polar surface area (TPSA) is 55.8 Å². The fourth-order valence-electron chi connectivity index (χ4n) is 4.37. The lowest BCUT2D eigenvalue weighted by atomic mass is 9.79. The standard InChI is InChI=1S/C13H20O4/c1-12(2)7-8(11(14)15)10-9(12)3-4-13(10)16-5-6-17-13/h8-10H,3-7H2,1-2H3,(H,14,15)/t8-,9+,10+/m1/s1. The number of carbonyl (C=O) groups is 1. The Morgan fingerprint density at radius 1 is 1.29 bits per heavy atom. The largest absolute Gasteiger partial charge is 0.481 e. The van der Waals surface area contributed by atoms with Crippen molar-refractivity contribution >= 4 is 5.97 Å². The van der Waals surface area contributed by atoms with Crippen molar-refractivity contribution < 1.29 is 19.4 Å². The third-order valence-electron chi connectivity index (χ3n) is 5.02. The Bertz CT molecular complexity index is 343. The average Bonchev–Trinajstić information content (AvgIpc) is 2.88. The molecule has 0 aromatic carbocycles. The van der Waals surface area contributed by atoms with Crippen LogP contribution in [0.1, 0.15) is 33.1 Å². The minimum atomic E-state index is -0.689. The third-order valence-corrected chi connectivity index (χ3v) is 5.02. The van der Waals surface area contributed by atoms with Crippen LogP contribution in [-0.2, 0) is 14.3 Å². The van der Waals surface area contributed by atoms with E-state index in [1.54, 1.807) is 0 Å². The van der Waals surface area contributed by atoms with E-state index in [1.807, 2.05) is 0 Å². The second-order valence-electron chi connectivity index (χ2n) is 6.32. The fourth-order valence-corrected chi connectivity index (χ4v) is 4.37. The molecule has 1 N–H and O–H groups in total. The van der Waals surface area contributed by atoms with Gasteiger partial charge >= 0.3 is 5.97 Å². The van der Waals surface area contributed by atoms with Crippen LogP contribution in [0.3, 0.4) is 0 Å². The molecular weight excluding hydrogens is 220 g/mol. The summed E-state index contributed by atoms with van der Waals surface area (Å²) in [6.45, 7) is 5.58. The molecule has 1 saturated heterocycles. The van der Waals surface area contributed by atoms with E-state index in [0.29, 0.717) is 19.1 Å². The van der Waals surface area contributed by atoms with Gasteiger partial charge in [-0.3, -0.25) is 4.79 Å². The summed E-state index contributed by atoms with van der Waals surface area (Å²) in [5, 5.41) is 9.43. The second-order valence-corrected chi connectivity index (χ2v) is 6.32. The van der Waals surface area contributed by atoms with E-state index < -0.39 is 11.8 Å². The van der Waals surface area contributed by atoms with Gasteiger partial charge < -0.3 is 14.6 Å². The Morgan fingerprint density at radius 2 is 1.94 bits per heavy atom. The molecule has 3 aliphatic rings. The van der Waals surface area contributed by atoms with Crippen LogP contribution in [-0.4, -0.2) is 30.1 Å². The van der Waals surface area contributed by atoms with Gasteiger partial charge in [0.1, 0.15) is 0 Å². The van der Waals surface area contributed by atoms with Crippen molar-refractivity contribution in [3.05, 3.63) is 0 Å². The van der Waals surface area contributed by atoms with Gasteiger partial charge in [0.25, 0.3) is 0 Å². The number of rotatable bonds is 1. The molecule has 17 heavy (non-hydrogen) atoms. The minimum absolute atomic E-state index is 0.0394. The second kappa shape index (κ2) is 3.45. The molecule has 0 aromatic heterocycles. The maximum Gasteiger partial charge on any atom is 0.307 e. The number of fused-ring (bicyclic) bond motifs is 2. The molecule has 0 bridgehead atoms. The Balaban J connectivity index is 1.97. The summed E-state index contributed by atoms with van der Waals surface area (Å²) in [6.07, 6.45) is 2.63. The molecule has 1 spiro atoms. The van der Waals surface area contributed by atoms with E-state index in [9.17, 15) is 9.90 Å². The first kappa shape index (κ1) is 11.5. The van der Waals surface area contributed by atoms with Crippen molar-refractivity contribution in [2.24, 2.45) is 23.2 Å². The Morgan fingerprint density at radius 3 is 2.53 bits per heavy atom. The molecule has 2 saturated carbocycles.